The molecule has 0 fully saturated rings. The summed E-state index contributed by atoms with van der Waals surface area (Å²) < 4.78 is 0. The molecule has 0 aliphatic heterocycles. The van der Waals surface area contributed by atoms with Gasteiger partial charge in [-0.2, -0.15) is 0 Å². The van der Waals surface area contributed by atoms with E-state index < -0.39 is 0 Å². The molecule has 1 N–H and O–H groups in total. The van der Waals surface area contributed by atoms with Gasteiger partial charge in [-0.15, -0.1) is 11.3 Å². The zero-order chi connectivity index (χ0) is 11.5. The van der Waals surface area contributed by atoms with Crippen molar-refractivity contribution < 1.29 is 0 Å². The van der Waals surface area contributed by atoms with Gasteiger partial charge in [-0.25, -0.2) is 4.98 Å². The van der Waals surface area contributed by atoms with Gasteiger partial charge in [-0.05, 0) is 44.0 Å². The Hall–Kier alpha value is -1.35. The number of thiazole rings is 1. The monoisotopic (exact) mass is 232 g/mol. The number of nitrogens with one attached hydrogen (secondary N) is 1. The van der Waals surface area contributed by atoms with Crippen LogP contribution in [0.4, 0.5) is 5.69 Å². The number of aryl methyl sites for hydroxylation is 3. The summed E-state index contributed by atoms with van der Waals surface area (Å²) in [4.78, 5) is 4.43. The minimum absolute atomic E-state index is 0.807. The van der Waals surface area contributed by atoms with Crippen LogP contribution in [0, 0.1) is 20.8 Å². The maximum Gasteiger partial charge on any atom is 0.112 e. The molecule has 0 bridgehead atoms. The normalized spacial score (nSPS) is 10.4. The first kappa shape index (κ1) is 11.1. The van der Waals surface area contributed by atoms with Gasteiger partial charge in [0.2, 0.25) is 0 Å². The van der Waals surface area contributed by atoms with Crippen molar-refractivity contribution in [3.8, 4) is 0 Å². The average molecular weight is 232 g/mol. The van der Waals surface area contributed by atoms with Gasteiger partial charge in [0.25, 0.3) is 0 Å². The van der Waals surface area contributed by atoms with Gasteiger partial charge in [0.15, 0.2) is 0 Å². The Morgan fingerprint density at radius 1 is 1.12 bits per heavy atom. The van der Waals surface area contributed by atoms with E-state index in [4.69, 9.17) is 0 Å². The van der Waals surface area contributed by atoms with Crippen LogP contribution in [0.1, 0.15) is 21.8 Å². The number of hydrogen-bond donors (Lipinski definition) is 1. The predicted octanol–water partition coefficient (Wildman–Crippen LogP) is 3.68. The standard InChI is InChI=1S/C13H16N2S/c1-9-4-10(2)6-12(5-9)14-7-13-15-11(3)8-16-13/h4-6,8,14H,7H2,1-3H3. The van der Waals surface area contributed by atoms with Crippen LogP contribution < -0.4 is 5.32 Å². The molecule has 1 heterocycles. The van der Waals surface area contributed by atoms with E-state index in [0.29, 0.717) is 0 Å². The Kier molecular flexibility index (Phi) is 3.25. The van der Waals surface area contributed by atoms with Gasteiger partial charge in [-0.1, -0.05) is 6.07 Å². The molecule has 2 nitrogen and oxygen atoms in total. The topological polar surface area (TPSA) is 24.9 Å². The molecular weight excluding hydrogens is 216 g/mol. The first-order chi connectivity index (χ1) is 7.63. The molecule has 1 aromatic carbocycles. The van der Waals surface area contributed by atoms with Crippen LogP contribution in [0.5, 0.6) is 0 Å². The Morgan fingerprint density at radius 2 is 1.81 bits per heavy atom. The number of rotatable bonds is 3. The number of nitrogens with zero attached hydrogens (tertiary/aromatic N) is 1. The fraction of sp³-hybridized carbons (Fsp3) is 0.308. The zero-order valence-electron chi connectivity index (χ0n) is 9.87. The van der Waals surface area contributed by atoms with Crippen LogP contribution in [0.2, 0.25) is 0 Å². The molecule has 1 aromatic heterocycles. The lowest BCUT2D eigenvalue weighted by molar-refractivity contribution is 1.07. The summed E-state index contributed by atoms with van der Waals surface area (Å²) >= 11 is 1.70. The third kappa shape index (κ3) is 2.83. The zero-order valence-corrected chi connectivity index (χ0v) is 10.7. The van der Waals surface area contributed by atoms with Gasteiger partial charge in [0, 0.05) is 16.8 Å². The Balaban J connectivity index is 2.04. The van der Waals surface area contributed by atoms with Crippen LogP contribution in [-0.2, 0) is 6.54 Å². The van der Waals surface area contributed by atoms with Crippen LogP contribution in [0.3, 0.4) is 0 Å². The Bertz CT molecular complexity index is 468. The van der Waals surface area contributed by atoms with Crippen molar-refractivity contribution in [2.45, 2.75) is 27.3 Å². The van der Waals surface area contributed by atoms with Crippen molar-refractivity contribution in [3.63, 3.8) is 0 Å². The highest BCUT2D eigenvalue weighted by Crippen LogP contribution is 2.16. The first-order valence-corrected chi connectivity index (χ1v) is 6.24. The third-order valence-corrected chi connectivity index (χ3v) is 3.30. The molecule has 84 valence electrons. The molecule has 0 atom stereocenters. The molecule has 0 amide bonds. The molecule has 2 rings (SSSR count). The van der Waals surface area contributed by atoms with Gasteiger partial charge in [0.05, 0.1) is 6.54 Å². The van der Waals surface area contributed by atoms with E-state index in [0.717, 1.165) is 17.2 Å². The van der Waals surface area contributed by atoms with E-state index in [9.17, 15) is 0 Å². The quantitative estimate of drug-likeness (QED) is 0.873. The lowest BCUT2D eigenvalue weighted by Gasteiger charge is -2.06. The molecule has 16 heavy (non-hydrogen) atoms. The molecule has 0 saturated heterocycles. The van der Waals surface area contributed by atoms with Crippen LogP contribution in [0.15, 0.2) is 23.6 Å². The summed E-state index contributed by atoms with van der Waals surface area (Å²) in [5.74, 6) is 0. The molecule has 0 aliphatic carbocycles. The van der Waals surface area contributed by atoms with Crippen LogP contribution in [0.25, 0.3) is 0 Å². The molecule has 0 spiro atoms. The van der Waals surface area contributed by atoms with Gasteiger partial charge in [0.1, 0.15) is 5.01 Å². The lowest BCUT2D eigenvalue weighted by atomic mass is 10.1. The summed E-state index contributed by atoms with van der Waals surface area (Å²) in [6, 6.07) is 6.50. The maximum atomic E-state index is 4.43. The highest BCUT2D eigenvalue weighted by Gasteiger charge is 1.99. The Labute approximate surface area is 100 Å². The fourth-order valence-electron chi connectivity index (χ4n) is 1.74. The SMILES string of the molecule is Cc1cc(C)cc(NCc2nc(C)cs2)c1. The molecule has 0 aliphatic rings. The molecule has 0 unspecified atom stereocenters. The minimum atomic E-state index is 0.807. The largest absolute Gasteiger partial charge is 0.379 e. The summed E-state index contributed by atoms with van der Waals surface area (Å²) in [5.41, 5.74) is 4.85. The average Bonchev–Trinajstić information content (AvgIpc) is 2.60. The second kappa shape index (κ2) is 4.66. The number of aromatic nitrogens is 1. The number of hydrogen-bond acceptors (Lipinski definition) is 3. The predicted molar refractivity (Wildman–Crippen MR) is 70.1 cm³/mol. The van der Waals surface area contributed by atoms with Crippen molar-refractivity contribution in [1.29, 1.82) is 0 Å². The van der Waals surface area contributed by atoms with E-state index in [1.165, 1.54) is 16.8 Å². The summed E-state index contributed by atoms with van der Waals surface area (Å²) in [6.45, 7) is 7.07. The lowest BCUT2D eigenvalue weighted by Crippen LogP contribution is -1.99. The van der Waals surface area contributed by atoms with Gasteiger partial charge < -0.3 is 5.32 Å². The third-order valence-electron chi connectivity index (χ3n) is 2.33. The van der Waals surface area contributed by atoms with E-state index in [-0.39, 0.29) is 0 Å². The number of anilines is 1. The molecular formula is C13H16N2S. The second-order valence-electron chi connectivity index (χ2n) is 4.11. The van der Waals surface area contributed by atoms with Crippen molar-refractivity contribution in [3.05, 3.63) is 45.4 Å². The fourth-order valence-corrected chi connectivity index (χ4v) is 2.45. The smallest absolute Gasteiger partial charge is 0.112 e. The van der Waals surface area contributed by atoms with Gasteiger partial charge >= 0.3 is 0 Å². The Morgan fingerprint density at radius 3 is 2.38 bits per heavy atom. The van der Waals surface area contributed by atoms with Crippen molar-refractivity contribution in [2.24, 2.45) is 0 Å². The van der Waals surface area contributed by atoms with Gasteiger partial charge in [-0.3, -0.25) is 0 Å². The van der Waals surface area contributed by atoms with E-state index in [1.807, 2.05) is 6.92 Å². The highest BCUT2D eigenvalue weighted by molar-refractivity contribution is 7.09. The highest BCUT2D eigenvalue weighted by atomic mass is 32.1. The van der Waals surface area contributed by atoms with E-state index >= 15 is 0 Å². The molecule has 0 saturated carbocycles. The summed E-state index contributed by atoms with van der Waals surface area (Å²) in [6.07, 6.45) is 0. The van der Waals surface area contributed by atoms with Crippen molar-refractivity contribution >= 4 is 17.0 Å². The minimum Gasteiger partial charge on any atom is -0.379 e. The first-order valence-electron chi connectivity index (χ1n) is 5.36. The van der Waals surface area contributed by atoms with Crippen LogP contribution in [-0.4, -0.2) is 4.98 Å². The second-order valence-corrected chi connectivity index (χ2v) is 5.06. The maximum absolute atomic E-state index is 4.43. The summed E-state index contributed by atoms with van der Waals surface area (Å²) in [7, 11) is 0. The van der Waals surface area contributed by atoms with E-state index in [1.54, 1.807) is 11.3 Å². The molecule has 0 radical (unpaired) electrons. The van der Waals surface area contributed by atoms with Crippen molar-refractivity contribution in [2.75, 3.05) is 5.32 Å². The number of benzene rings is 1. The molecule has 3 heteroatoms. The molecule has 2 aromatic rings. The van der Waals surface area contributed by atoms with E-state index in [2.05, 4.69) is 47.7 Å². The summed E-state index contributed by atoms with van der Waals surface area (Å²) in [5, 5.41) is 6.62. The van der Waals surface area contributed by atoms with Crippen molar-refractivity contribution in [1.82, 2.24) is 4.98 Å². The van der Waals surface area contributed by atoms with Crippen LogP contribution >= 0.6 is 11.3 Å².